The molecule has 1 aliphatic rings. The fraction of sp³-hybridized carbons (Fsp3) is 0.222. The van der Waals surface area contributed by atoms with E-state index >= 15 is 0 Å². The third-order valence-corrected chi connectivity index (χ3v) is 2.34. The van der Waals surface area contributed by atoms with Crippen molar-refractivity contribution in [1.82, 2.24) is 0 Å². The second kappa shape index (κ2) is 2.92. The number of halogens is 1. The van der Waals surface area contributed by atoms with Gasteiger partial charge in [0.25, 0.3) is 0 Å². The number of fused-ring (bicyclic) bond motifs is 1. The van der Waals surface area contributed by atoms with Crippen LogP contribution in [-0.2, 0) is 4.79 Å². The maximum atomic E-state index is 11.3. The zero-order valence-corrected chi connectivity index (χ0v) is 7.85. The van der Waals surface area contributed by atoms with Crippen molar-refractivity contribution in [2.45, 2.75) is 13.0 Å². The number of para-hydroxylation sites is 1. The minimum atomic E-state index is -0.203. The van der Waals surface area contributed by atoms with Crippen molar-refractivity contribution in [2.24, 2.45) is 0 Å². The molecule has 0 aromatic heterocycles. The number of carbonyl (C=O) groups is 1. The summed E-state index contributed by atoms with van der Waals surface area (Å²) >= 11 is 5.90. The molecule has 0 saturated heterocycles. The predicted octanol–water partition coefficient (Wildman–Crippen LogP) is 2.09. The molecule has 0 aliphatic carbocycles. The van der Waals surface area contributed by atoms with Crippen LogP contribution in [0.1, 0.15) is 6.92 Å². The fourth-order valence-electron chi connectivity index (χ4n) is 1.30. The van der Waals surface area contributed by atoms with Crippen molar-refractivity contribution in [1.29, 1.82) is 0 Å². The lowest BCUT2D eigenvalue weighted by molar-refractivity contribution is -0.116. The van der Waals surface area contributed by atoms with E-state index in [1.54, 1.807) is 13.0 Å². The van der Waals surface area contributed by atoms with Crippen LogP contribution in [0.25, 0.3) is 0 Å². The summed E-state index contributed by atoms with van der Waals surface area (Å²) < 4.78 is 0. The summed E-state index contributed by atoms with van der Waals surface area (Å²) in [4.78, 5) is 11.3. The Morgan fingerprint density at radius 1 is 1.46 bits per heavy atom. The summed E-state index contributed by atoms with van der Waals surface area (Å²) in [6.45, 7) is 1.80. The minimum absolute atomic E-state index is 0.0550. The van der Waals surface area contributed by atoms with E-state index in [9.17, 15) is 4.79 Å². The number of amides is 1. The summed E-state index contributed by atoms with van der Waals surface area (Å²) in [6, 6.07) is 5.28. The van der Waals surface area contributed by atoms with E-state index < -0.39 is 0 Å². The molecule has 0 spiro atoms. The third kappa shape index (κ3) is 1.35. The zero-order chi connectivity index (χ0) is 9.42. The average Bonchev–Trinajstić information content (AvgIpc) is 2.09. The fourth-order valence-corrected chi connectivity index (χ4v) is 1.52. The molecule has 0 radical (unpaired) electrons. The van der Waals surface area contributed by atoms with Crippen LogP contribution < -0.4 is 10.6 Å². The van der Waals surface area contributed by atoms with Gasteiger partial charge >= 0.3 is 0 Å². The molecule has 1 aromatic carbocycles. The van der Waals surface area contributed by atoms with Gasteiger partial charge in [-0.1, -0.05) is 17.7 Å². The summed E-state index contributed by atoms with van der Waals surface area (Å²) in [7, 11) is 0. The van der Waals surface area contributed by atoms with Crippen molar-refractivity contribution in [3.63, 3.8) is 0 Å². The Morgan fingerprint density at radius 2 is 2.23 bits per heavy atom. The molecule has 2 rings (SSSR count). The molecule has 1 unspecified atom stereocenters. The van der Waals surface area contributed by atoms with E-state index in [4.69, 9.17) is 11.6 Å². The molecule has 3 nitrogen and oxygen atoms in total. The van der Waals surface area contributed by atoms with Gasteiger partial charge in [0.15, 0.2) is 0 Å². The number of anilines is 2. The zero-order valence-electron chi connectivity index (χ0n) is 7.10. The number of benzene rings is 1. The molecule has 0 bridgehead atoms. The number of rotatable bonds is 0. The lowest BCUT2D eigenvalue weighted by Gasteiger charge is -2.24. The standard InChI is InChI=1S/C9H9ClN2O/c1-5-9(13)12-8-6(10)3-2-4-7(8)11-5/h2-5,11H,1H3,(H,12,13). The Hall–Kier alpha value is -1.22. The lowest BCUT2D eigenvalue weighted by atomic mass is 10.1. The van der Waals surface area contributed by atoms with Gasteiger partial charge in [0.2, 0.25) is 5.91 Å². The van der Waals surface area contributed by atoms with Crippen LogP contribution in [-0.4, -0.2) is 11.9 Å². The van der Waals surface area contributed by atoms with Gasteiger partial charge in [-0.25, -0.2) is 0 Å². The second-order valence-corrected chi connectivity index (χ2v) is 3.42. The third-order valence-electron chi connectivity index (χ3n) is 2.03. The largest absolute Gasteiger partial charge is 0.372 e. The Balaban J connectivity index is 2.48. The molecule has 0 fully saturated rings. The maximum Gasteiger partial charge on any atom is 0.246 e. The van der Waals surface area contributed by atoms with Crippen LogP contribution in [0.5, 0.6) is 0 Å². The van der Waals surface area contributed by atoms with Gasteiger partial charge in [0, 0.05) is 0 Å². The number of hydrogen-bond donors (Lipinski definition) is 2. The smallest absolute Gasteiger partial charge is 0.246 e. The van der Waals surface area contributed by atoms with Gasteiger partial charge < -0.3 is 10.6 Å². The van der Waals surface area contributed by atoms with E-state index in [1.165, 1.54) is 0 Å². The first kappa shape index (κ1) is 8.38. The summed E-state index contributed by atoms with van der Waals surface area (Å²) in [5.41, 5.74) is 1.55. The Bertz CT molecular complexity index is 365. The SMILES string of the molecule is CC1Nc2cccc(Cl)c2NC1=O. The normalized spacial score (nSPS) is 20.2. The van der Waals surface area contributed by atoms with Crippen LogP contribution in [0.2, 0.25) is 5.02 Å². The van der Waals surface area contributed by atoms with Gasteiger partial charge in [-0.3, -0.25) is 4.79 Å². The summed E-state index contributed by atoms with van der Waals surface area (Å²) in [5.74, 6) is -0.0550. The number of nitrogens with one attached hydrogen (secondary N) is 2. The van der Waals surface area contributed by atoms with Crippen LogP contribution in [0.3, 0.4) is 0 Å². The van der Waals surface area contributed by atoms with Gasteiger partial charge in [-0.2, -0.15) is 0 Å². The highest BCUT2D eigenvalue weighted by molar-refractivity contribution is 6.34. The molecule has 13 heavy (non-hydrogen) atoms. The molecule has 1 amide bonds. The van der Waals surface area contributed by atoms with Crippen molar-refractivity contribution < 1.29 is 4.79 Å². The lowest BCUT2D eigenvalue weighted by Crippen LogP contribution is -2.36. The minimum Gasteiger partial charge on any atom is -0.372 e. The molecule has 4 heteroatoms. The van der Waals surface area contributed by atoms with Crippen molar-refractivity contribution in [3.05, 3.63) is 23.2 Å². The van der Waals surface area contributed by atoms with E-state index in [0.717, 1.165) is 5.69 Å². The van der Waals surface area contributed by atoms with Crippen molar-refractivity contribution in [3.8, 4) is 0 Å². The Kier molecular flexibility index (Phi) is 1.88. The van der Waals surface area contributed by atoms with E-state index in [0.29, 0.717) is 10.7 Å². The maximum absolute atomic E-state index is 11.3. The summed E-state index contributed by atoms with van der Waals surface area (Å²) in [5, 5.41) is 6.36. The van der Waals surface area contributed by atoms with Gasteiger partial charge in [0.1, 0.15) is 6.04 Å². The first-order valence-electron chi connectivity index (χ1n) is 4.04. The second-order valence-electron chi connectivity index (χ2n) is 3.02. The van der Waals surface area contributed by atoms with Gasteiger partial charge in [-0.15, -0.1) is 0 Å². The molecule has 1 atom stereocenters. The van der Waals surface area contributed by atoms with Crippen molar-refractivity contribution >= 4 is 28.9 Å². The molecule has 2 N–H and O–H groups in total. The Labute approximate surface area is 81.1 Å². The molecular formula is C9H9ClN2O. The Morgan fingerprint density at radius 3 is 3.00 bits per heavy atom. The molecular weight excluding hydrogens is 188 g/mol. The van der Waals surface area contributed by atoms with Gasteiger partial charge in [0.05, 0.1) is 16.4 Å². The van der Waals surface area contributed by atoms with Crippen LogP contribution in [0.15, 0.2) is 18.2 Å². The van der Waals surface area contributed by atoms with Crippen LogP contribution in [0.4, 0.5) is 11.4 Å². The van der Waals surface area contributed by atoms with Crippen molar-refractivity contribution in [2.75, 3.05) is 10.6 Å². The van der Waals surface area contributed by atoms with E-state index in [-0.39, 0.29) is 11.9 Å². The topological polar surface area (TPSA) is 41.1 Å². The van der Waals surface area contributed by atoms with Crippen LogP contribution >= 0.6 is 11.6 Å². The van der Waals surface area contributed by atoms with E-state index in [2.05, 4.69) is 10.6 Å². The van der Waals surface area contributed by atoms with E-state index in [1.807, 2.05) is 12.1 Å². The highest BCUT2D eigenvalue weighted by Gasteiger charge is 2.22. The first-order valence-corrected chi connectivity index (χ1v) is 4.42. The van der Waals surface area contributed by atoms with Crippen LogP contribution in [0, 0.1) is 0 Å². The first-order chi connectivity index (χ1) is 6.18. The monoisotopic (exact) mass is 196 g/mol. The highest BCUT2D eigenvalue weighted by Crippen LogP contribution is 2.33. The highest BCUT2D eigenvalue weighted by atomic mass is 35.5. The molecule has 1 aliphatic heterocycles. The molecule has 68 valence electrons. The van der Waals surface area contributed by atoms with Gasteiger partial charge in [-0.05, 0) is 19.1 Å². The molecule has 1 aromatic rings. The quantitative estimate of drug-likeness (QED) is 0.667. The molecule has 1 heterocycles. The predicted molar refractivity (Wildman–Crippen MR) is 53.2 cm³/mol. The molecule has 0 saturated carbocycles. The average molecular weight is 197 g/mol. The summed E-state index contributed by atoms with van der Waals surface area (Å²) in [6.07, 6.45) is 0. The number of hydrogen-bond acceptors (Lipinski definition) is 2. The number of carbonyl (C=O) groups excluding carboxylic acids is 1.